The van der Waals surface area contributed by atoms with Crippen LogP contribution in [0.25, 0.3) is 0 Å². The summed E-state index contributed by atoms with van der Waals surface area (Å²) in [6.45, 7) is 0.990. The summed E-state index contributed by atoms with van der Waals surface area (Å²) < 4.78 is 1.03. The summed E-state index contributed by atoms with van der Waals surface area (Å²) in [5.74, 6) is -0.0193. The molecule has 0 spiro atoms. The van der Waals surface area contributed by atoms with E-state index in [2.05, 4.69) is 15.9 Å². The molecule has 21 heavy (non-hydrogen) atoms. The first-order valence-corrected chi connectivity index (χ1v) is 7.92. The van der Waals surface area contributed by atoms with Gasteiger partial charge >= 0.3 is 0 Å². The number of likely N-dealkylation sites (N-methyl/N-ethyl adjacent to an activating group) is 1. The molecule has 2 rings (SSSR count). The smallest absolute Gasteiger partial charge is 0.178 e. The fraction of sp³-hybridized carbons (Fsp3) is 0.188. The monoisotopic (exact) mass is 385 g/mol. The third kappa shape index (κ3) is 4.82. The van der Waals surface area contributed by atoms with Gasteiger partial charge in [-0.15, -0.1) is 0 Å². The van der Waals surface area contributed by atoms with Crippen molar-refractivity contribution in [3.05, 3.63) is 68.1 Å². The maximum Gasteiger partial charge on any atom is 0.178 e. The van der Waals surface area contributed by atoms with Crippen molar-refractivity contribution in [3.63, 3.8) is 0 Å². The Hall–Kier alpha value is -0.870. The van der Waals surface area contributed by atoms with Crippen LogP contribution in [-0.2, 0) is 6.54 Å². The Morgan fingerprint density at radius 3 is 2.62 bits per heavy atom. The van der Waals surface area contributed by atoms with Crippen LogP contribution in [0.1, 0.15) is 15.9 Å². The summed E-state index contributed by atoms with van der Waals surface area (Å²) in [6.07, 6.45) is 0. The van der Waals surface area contributed by atoms with E-state index in [1.807, 2.05) is 36.2 Å². The number of carbonyl (C=O) groups excluding carboxylic acids is 1. The second-order valence-corrected chi connectivity index (χ2v) is 6.61. The van der Waals surface area contributed by atoms with Crippen molar-refractivity contribution in [2.75, 3.05) is 13.6 Å². The summed E-state index contributed by atoms with van der Waals surface area (Å²) in [5, 5.41) is 0.919. The number of halogens is 3. The Kier molecular flexibility index (Phi) is 5.82. The quantitative estimate of drug-likeness (QED) is 0.668. The number of Topliss-reactive ketones (excluding diaryl/α,β-unsaturated/α-hetero) is 1. The van der Waals surface area contributed by atoms with Crippen molar-refractivity contribution < 1.29 is 4.79 Å². The Balaban J connectivity index is 2.02. The molecule has 0 saturated carbocycles. The lowest BCUT2D eigenvalue weighted by atomic mass is 10.1. The van der Waals surface area contributed by atoms with Crippen molar-refractivity contribution in [1.29, 1.82) is 0 Å². The Morgan fingerprint density at radius 1 is 1.19 bits per heavy atom. The number of hydrogen-bond acceptors (Lipinski definition) is 2. The van der Waals surface area contributed by atoms with Gasteiger partial charge in [0, 0.05) is 21.6 Å². The number of carbonyl (C=O) groups is 1. The van der Waals surface area contributed by atoms with Crippen molar-refractivity contribution in [2.24, 2.45) is 0 Å². The van der Waals surface area contributed by atoms with E-state index in [0.717, 1.165) is 10.0 Å². The van der Waals surface area contributed by atoms with Gasteiger partial charge in [-0.25, -0.2) is 0 Å². The van der Waals surface area contributed by atoms with Crippen LogP contribution in [0.5, 0.6) is 0 Å². The molecular weight excluding hydrogens is 373 g/mol. The van der Waals surface area contributed by atoms with E-state index in [4.69, 9.17) is 23.2 Å². The average Bonchev–Trinajstić information content (AvgIpc) is 2.38. The number of nitrogens with zero attached hydrogens (tertiary/aromatic N) is 1. The molecule has 0 unspecified atom stereocenters. The Labute approximate surface area is 142 Å². The van der Waals surface area contributed by atoms with Crippen molar-refractivity contribution in [2.45, 2.75) is 6.54 Å². The van der Waals surface area contributed by atoms with E-state index in [1.165, 1.54) is 0 Å². The first-order valence-electron chi connectivity index (χ1n) is 6.37. The number of benzene rings is 2. The predicted octanol–water partition coefficient (Wildman–Crippen LogP) is 5.07. The zero-order valence-corrected chi connectivity index (χ0v) is 14.5. The summed E-state index contributed by atoms with van der Waals surface area (Å²) in [4.78, 5) is 14.2. The van der Waals surface area contributed by atoms with Crippen LogP contribution in [0.3, 0.4) is 0 Å². The lowest BCUT2D eigenvalue weighted by Crippen LogP contribution is -2.25. The molecule has 0 fully saturated rings. The molecule has 0 radical (unpaired) electrons. The van der Waals surface area contributed by atoms with Gasteiger partial charge in [0.2, 0.25) is 0 Å². The standard InChI is InChI=1S/C16H14BrCl2NO/c1-20(9-11-3-2-4-12(17)7-11)10-16(21)14-6-5-13(18)8-15(14)19/h2-8H,9-10H2,1H3. The summed E-state index contributed by atoms with van der Waals surface area (Å²) >= 11 is 15.3. The molecule has 110 valence electrons. The van der Waals surface area contributed by atoms with Crippen LogP contribution in [0.15, 0.2) is 46.9 Å². The van der Waals surface area contributed by atoms with Crippen molar-refractivity contribution in [1.82, 2.24) is 4.90 Å². The van der Waals surface area contributed by atoms with Crippen LogP contribution in [0.2, 0.25) is 10.0 Å². The fourth-order valence-corrected chi connectivity index (χ4v) is 3.01. The highest BCUT2D eigenvalue weighted by atomic mass is 79.9. The molecule has 0 atom stereocenters. The first kappa shape index (κ1) is 16.5. The van der Waals surface area contributed by atoms with Gasteiger partial charge in [-0.2, -0.15) is 0 Å². The van der Waals surface area contributed by atoms with Crippen LogP contribution < -0.4 is 0 Å². The van der Waals surface area contributed by atoms with Gasteiger partial charge in [0.15, 0.2) is 5.78 Å². The summed E-state index contributed by atoms with van der Waals surface area (Å²) in [7, 11) is 1.91. The zero-order valence-electron chi connectivity index (χ0n) is 11.4. The topological polar surface area (TPSA) is 20.3 Å². The Morgan fingerprint density at radius 2 is 1.95 bits per heavy atom. The van der Waals surface area contributed by atoms with Gasteiger partial charge in [-0.1, -0.05) is 51.3 Å². The minimum atomic E-state index is -0.0193. The zero-order chi connectivity index (χ0) is 15.4. The fourth-order valence-electron chi connectivity index (χ4n) is 2.05. The largest absolute Gasteiger partial charge is 0.295 e. The minimum Gasteiger partial charge on any atom is -0.295 e. The summed E-state index contributed by atoms with van der Waals surface area (Å²) in [5.41, 5.74) is 1.64. The number of hydrogen-bond donors (Lipinski definition) is 0. The molecule has 0 aliphatic rings. The Bertz CT molecular complexity index is 660. The molecular formula is C16H14BrCl2NO. The minimum absolute atomic E-state index is 0.0193. The lowest BCUT2D eigenvalue weighted by molar-refractivity contribution is 0.0943. The second kappa shape index (κ2) is 7.41. The van der Waals surface area contributed by atoms with Gasteiger partial charge < -0.3 is 0 Å². The highest BCUT2D eigenvalue weighted by Gasteiger charge is 2.13. The van der Waals surface area contributed by atoms with Gasteiger partial charge in [0.1, 0.15) is 0 Å². The van der Waals surface area contributed by atoms with E-state index in [9.17, 15) is 4.79 Å². The van der Waals surface area contributed by atoms with Crippen LogP contribution >= 0.6 is 39.1 Å². The molecule has 0 aliphatic heterocycles. The van der Waals surface area contributed by atoms with E-state index in [-0.39, 0.29) is 5.78 Å². The van der Waals surface area contributed by atoms with Gasteiger partial charge in [-0.3, -0.25) is 9.69 Å². The molecule has 2 aromatic carbocycles. The average molecular weight is 387 g/mol. The normalized spacial score (nSPS) is 10.9. The highest BCUT2D eigenvalue weighted by Crippen LogP contribution is 2.21. The third-order valence-electron chi connectivity index (χ3n) is 2.99. The molecule has 0 amide bonds. The molecule has 0 N–H and O–H groups in total. The van der Waals surface area contributed by atoms with E-state index in [1.54, 1.807) is 18.2 Å². The van der Waals surface area contributed by atoms with Gasteiger partial charge in [0.25, 0.3) is 0 Å². The van der Waals surface area contributed by atoms with Crippen molar-refractivity contribution >= 4 is 44.9 Å². The van der Waals surface area contributed by atoms with E-state index >= 15 is 0 Å². The third-order valence-corrected chi connectivity index (χ3v) is 4.03. The van der Waals surface area contributed by atoms with Crippen LogP contribution in [-0.4, -0.2) is 24.3 Å². The van der Waals surface area contributed by atoms with Crippen LogP contribution in [0.4, 0.5) is 0 Å². The van der Waals surface area contributed by atoms with Gasteiger partial charge in [0.05, 0.1) is 11.6 Å². The molecule has 0 aromatic heterocycles. The number of rotatable bonds is 5. The van der Waals surface area contributed by atoms with Crippen molar-refractivity contribution in [3.8, 4) is 0 Å². The molecule has 0 saturated heterocycles. The van der Waals surface area contributed by atoms with Crippen LogP contribution in [0, 0.1) is 0 Å². The summed E-state index contributed by atoms with van der Waals surface area (Å²) in [6, 6.07) is 12.9. The molecule has 2 nitrogen and oxygen atoms in total. The molecule has 0 aliphatic carbocycles. The maximum absolute atomic E-state index is 12.3. The SMILES string of the molecule is CN(CC(=O)c1ccc(Cl)cc1Cl)Cc1cccc(Br)c1. The van der Waals surface area contributed by atoms with E-state index in [0.29, 0.717) is 28.7 Å². The second-order valence-electron chi connectivity index (χ2n) is 4.85. The first-order chi connectivity index (χ1) is 9.95. The molecule has 5 heteroatoms. The lowest BCUT2D eigenvalue weighted by Gasteiger charge is -2.16. The molecule has 0 heterocycles. The number of ketones is 1. The predicted molar refractivity (Wildman–Crippen MR) is 91.3 cm³/mol. The maximum atomic E-state index is 12.3. The van der Waals surface area contributed by atoms with Gasteiger partial charge in [-0.05, 0) is 42.9 Å². The van der Waals surface area contributed by atoms with E-state index < -0.39 is 0 Å². The highest BCUT2D eigenvalue weighted by molar-refractivity contribution is 9.10. The molecule has 0 bridgehead atoms. The molecule has 2 aromatic rings.